The Labute approximate surface area is 212 Å². The molecule has 0 unspecified atom stereocenters. The molecule has 2 aliphatic rings. The second kappa shape index (κ2) is 10.4. The number of urea groups is 1. The number of nitrogens with one attached hydrogen (secondary N) is 2. The van der Waals surface area contributed by atoms with Crippen molar-refractivity contribution in [2.75, 3.05) is 43.1 Å². The minimum absolute atomic E-state index is 0.00777. The Morgan fingerprint density at radius 2 is 1.76 bits per heavy atom. The first-order valence-electron chi connectivity index (χ1n) is 11.7. The first kappa shape index (κ1) is 23.8. The number of carbonyl (C=O) groups excluding carboxylic acids is 3. The minimum atomic E-state index is -0.687. The summed E-state index contributed by atoms with van der Waals surface area (Å²) in [7, 11) is 0. The van der Waals surface area contributed by atoms with Gasteiger partial charge in [0.25, 0.3) is 5.91 Å². The van der Waals surface area contributed by atoms with Crippen molar-refractivity contribution < 1.29 is 23.5 Å². The van der Waals surface area contributed by atoms with Crippen molar-refractivity contribution in [1.82, 2.24) is 10.2 Å². The second-order valence-corrected chi connectivity index (χ2v) is 8.47. The fourth-order valence-corrected chi connectivity index (χ4v) is 4.07. The van der Waals surface area contributed by atoms with Gasteiger partial charge in [0.1, 0.15) is 23.8 Å². The number of furan rings is 1. The van der Waals surface area contributed by atoms with Crippen LogP contribution < -0.4 is 15.5 Å². The molecule has 4 amide bonds. The smallest absolute Gasteiger partial charge is 0.329 e. The Hall–Kier alpha value is -4.88. The first-order valence-corrected chi connectivity index (χ1v) is 11.7. The summed E-state index contributed by atoms with van der Waals surface area (Å²) in [4.78, 5) is 40.7. The number of rotatable bonds is 6. The van der Waals surface area contributed by atoms with Gasteiger partial charge < -0.3 is 24.7 Å². The number of benzene rings is 2. The number of imide groups is 1. The summed E-state index contributed by atoms with van der Waals surface area (Å²) in [6.07, 6.45) is 1.41. The van der Waals surface area contributed by atoms with Gasteiger partial charge in [-0.25, -0.2) is 9.69 Å². The first-order chi connectivity index (χ1) is 18.0. The Kier molecular flexibility index (Phi) is 6.70. The maximum Gasteiger partial charge on any atom is 0.329 e. The van der Waals surface area contributed by atoms with E-state index in [0.717, 1.165) is 29.2 Å². The molecule has 1 aromatic heterocycles. The van der Waals surface area contributed by atoms with Crippen LogP contribution in [0.4, 0.5) is 16.2 Å². The molecule has 0 radical (unpaired) electrons. The van der Waals surface area contributed by atoms with Crippen LogP contribution in [-0.4, -0.2) is 55.6 Å². The van der Waals surface area contributed by atoms with Crippen molar-refractivity contribution in [1.29, 1.82) is 5.26 Å². The molecule has 0 aliphatic carbocycles. The summed E-state index contributed by atoms with van der Waals surface area (Å²) in [6.45, 7) is 2.55. The van der Waals surface area contributed by atoms with Gasteiger partial charge in [0.2, 0.25) is 5.91 Å². The van der Waals surface area contributed by atoms with Crippen LogP contribution in [0, 0.1) is 11.3 Å². The monoisotopic (exact) mass is 497 g/mol. The molecule has 186 valence electrons. The predicted octanol–water partition coefficient (Wildman–Crippen LogP) is 3.19. The van der Waals surface area contributed by atoms with E-state index in [1.54, 1.807) is 48.5 Å². The Morgan fingerprint density at radius 3 is 2.46 bits per heavy atom. The van der Waals surface area contributed by atoms with Crippen LogP contribution in [-0.2, 0) is 14.3 Å². The maximum atomic E-state index is 12.8. The van der Waals surface area contributed by atoms with Crippen LogP contribution >= 0.6 is 0 Å². The SMILES string of the molecule is N#Cc1ccc(-c2ccc(/C=C3\NC(=O)N(CC(=O)Nc4ccc(N5CCOCC5)cc4)C3=O)o2)cc1. The topological polar surface area (TPSA) is 128 Å². The van der Waals surface area contributed by atoms with E-state index >= 15 is 0 Å². The van der Waals surface area contributed by atoms with Crippen LogP contribution in [0.5, 0.6) is 0 Å². The van der Waals surface area contributed by atoms with Crippen molar-refractivity contribution >= 4 is 35.3 Å². The number of nitrogens with zero attached hydrogens (tertiary/aromatic N) is 3. The minimum Gasteiger partial charge on any atom is -0.457 e. The number of carbonyl (C=O) groups is 3. The highest BCUT2D eigenvalue weighted by atomic mass is 16.5. The van der Waals surface area contributed by atoms with E-state index in [4.69, 9.17) is 14.4 Å². The lowest BCUT2D eigenvalue weighted by molar-refractivity contribution is -0.127. The van der Waals surface area contributed by atoms with E-state index in [0.29, 0.717) is 36.0 Å². The third-order valence-electron chi connectivity index (χ3n) is 6.00. The van der Waals surface area contributed by atoms with Crippen LogP contribution in [0.15, 0.2) is 70.8 Å². The van der Waals surface area contributed by atoms with Gasteiger partial charge in [-0.05, 0) is 60.7 Å². The molecule has 2 aliphatic heterocycles. The van der Waals surface area contributed by atoms with Gasteiger partial charge in [0.05, 0.1) is 24.8 Å². The molecule has 10 nitrogen and oxygen atoms in total. The highest BCUT2D eigenvalue weighted by molar-refractivity contribution is 6.15. The van der Waals surface area contributed by atoms with Crippen LogP contribution in [0.25, 0.3) is 17.4 Å². The second-order valence-electron chi connectivity index (χ2n) is 8.47. The number of ether oxygens (including phenoxy) is 1. The van der Waals surface area contributed by atoms with E-state index in [2.05, 4.69) is 21.6 Å². The highest BCUT2D eigenvalue weighted by Crippen LogP contribution is 2.25. The van der Waals surface area contributed by atoms with Crippen molar-refractivity contribution in [3.63, 3.8) is 0 Å². The van der Waals surface area contributed by atoms with Crippen molar-refractivity contribution in [2.24, 2.45) is 0 Å². The molecular formula is C27H23N5O5. The molecule has 0 spiro atoms. The van der Waals surface area contributed by atoms with Gasteiger partial charge in [-0.15, -0.1) is 0 Å². The molecule has 5 rings (SSSR count). The fourth-order valence-electron chi connectivity index (χ4n) is 4.07. The fraction of sp³-hybridized carbons (Fsp3) is 0.185. The number of anilines is 2. The van der Waals surface area contributed by atoms with E-state index in [1.165, 1.54) is 6.08 Å². The summed E-state index contributed by atoms with van der Waals surface area (Å²) < 4.78 is 11.1. The molecule has 0 bridgehead atoms. The molecule has 2 N–H and O–H groups in total. The Bertz CT molecular complexity index is 1400. The number of nitriles is 1. The third kappa shape index (κ3) is 5.37. The molecular weight excluding hydrogens is 474 g/mol. The Morgan fingerprint density at radius 1 is 1.03 bits per heavy atom. The summed E-state index contributed by atoms with van der Waals surface area (Å²) in [6, 6.07) is 19.0. The summed E-state index contributed by atoms with van der Waals surface area (Å²) in [5.74, 6) is -0.220. The normalized spacial score (nSPS) is 16.6. The zero-order valence-corrected chi connectivity index (χ0v) is 19.8. The molecule has 3 aromatic rings. The van der Waals surface area contributed by atoms with Crippen LogP contribution in [0.2, 0.25) is 0 Å². The molecule has 0 atom stereocenters. The summed E-state index contributed by atoms with van der Waals surface area (Å²) in [5, 5.41) is 14.1. The molecule has 0 saturated carbocycles. The van der Waals surface area contributed by atoms with Gasteiger partial charge in [-0.1, -0.05) is 0 Å². The van der Waals surface area contributed by atoms with Gasteiger partial charge in [0, 0.05) is 36.1 Å². The van der Waals surface area contributed by atoms with E-state index in [9.17, 15) is 14.4 Å². The lowest BCUT2D eigenvalue weighted by Gasteiger charge is -2.28. The maximum absolute atomic E-state index is 12.8. The highest BCUT2D eigenvalue weighted by Gasteiger charge is 2.35. The lowest BCUT2D eigenvalue weighted by atomic mass is 10.1. The average molecular weight is 498 g/mol. The molecule has 3 heterocycles. The zero-order valence-electron chi connectivity index (χ0n) is 19.8. The van der Waals surface area contributed by atoms with Gasteiger partial charge in [-0.3, -0.25) is 9.59 Å². The standard InChI is InChI=1S/C27H23N5O5/c28-16-18-1-3-19(4-2-18)24-10-9-22(37-24)15-23-26(34)32(27(35)30-23)17-25(33)29-20-5-7-21(8-6-20)31-11-13-36-14-12-31/h1-10,15H,11-14,17H2,(H,29,33)(H,30,35)/b23-15-. The molecule has 2 saturated heterocycles. The van der Waals surface area contributed by atoms with Crippen LogP contribution in [0.1, 0.15) is 11.3 Å². The van der Waals surface area contributed by atoms with Gasteiger partial charge in [-0.2, -0.15) is 5.26 Å². The predicted molar refractivity (Wildman–Crippen MR) is 135 cm³/mol. The molecule has 2 aromatic carbocycles. The van der Waals surface area contributed by atoms with Gasteiger partial charge >= 0.3 is 6.03 Å². The van der Waals surface area contributed by atoms with Crippen molar-refractivity contribution in [2.45, 2.75) is 0 Å². The van der Waals surface area contributed by atoms with Crippen molar-refractivity contribution in [3.8, 4) is 17.4 Å². The molecule has 37 heavy (non-hydrogen) atoms. The van der Waals surface area contributed by atoms with Gasteiger partial charge in [0.15, 0.2) is 0 Å². The number of hydrogen-bond donors (Lipinski definition) is 2. The number of amides is 4. The zero-order chi connectivity index (χ0) is 25.8. The molecule has 2 fully saturated rings. The van der Waals surface area contributed by atoms with E-state index in [1.807, 2.05) is 12.1 Å². The molecule has 10 heteroatoms. The average Bonchev–Trinajstić information content (AvgIpc) is 3.50. The van der Waals surface area contributed by atoms with E-state index < -0.39 is 24.4 Å². The quantitative estimate of drug-likeness (QED) is 0.395. The lowest BCUT2D eigenvalue weighted by Crippen LogP contribution is -2.38. The largest absolute Gasteiger partial charge is 0.457 e. The number of morpholine rings is 1. The summed E-state index contributed by atoms with van der Waals surface area (Å²) >= 11 is 0. The van der Waals surface area contributed by atoms with Crippen LogP contribution in [0.3, 0.4) is 0 Å². The third-order valence-corrected chi connectivity index (χ3v) is 6.00. The van der Waals surface area contributed by atoms with Crippen molar-refractivity contribution in [3.05, 3.63) is 77.7 Å². The number of hydrogen-bond acceptors (Lipinski definition) is 7. The Balaban J connectivity index is 1.20. The summed E-state index contributed by atoms with van der Waals surface area (Å²) in [5.41, 5.74) is 2.90. The van der Waals surface area contributed by atoms with E-state index in [-0.39, 0.29) is 5.70 Å².